The molecule has 0 N–H and O–H groups in total. The van der Waals surface area contributed by atoms with Gasteiger partial charge in [-0.05, 0) is 69.0 Å². The van der Waals surface area contributed by atoms with Gasteiger partial charge >= 0.3 is 0 Å². The summed E-state index contributed by atoms with van der Waals surface area (Å²) in [5.74, 6) is 2.43. The third-order valence-corrected chi connectivity index (χ3v) is 7.11. The zero-order valence-electron chi connectivity index (χ0n) is 22.1. The minimum atomic E-state index is -0.429. The first kappa shape index (κ1) is 26.9. The summed E-state index contributed by atoms with van der Waals surface area (Å²) in [5.41, 5.74) is 0.743. The molecule has 1 aromatic heterocycles. The fourth-order valence-electron chi connectivity index (χ4n) is 4.80. The van der Waals surface area contributed by atoms with E-state index in [0.29, 0.717) is 13.2 Å². The van der Waals surface area contributed by atoms with E-state index < -0.39 is 5.60 Å². The highest BCUT2D eigenvalue weighted by Gasteiger charge is 2.34. The number of likely N-dealkylation sites (tertiary alicyclic amines) is 1. The van der Waals surface area contributed by atoms with E-state index in [1.165, 1.54) is 11.6 Å². The number of hydrogen-bond acceptors (Lipinski definition) is 6. The maximum Gasteiger partial charge on any atom is 0.165 e. The standard InChI is InChI=1S/C29H38FN3O4/c1-23-31-14-18-33(23)16-7-19-36-27-11-10-24(20-28(27)34-2)21-32-15-6-12-29(35-3,13-17-32)22-37-26-9-5-4-8-25(26)30/h4-5,8-11,14,18,20H,6-7,12-13,15-17,19,21-22H2,1-3H3/t29-/m0/s1. The Morgan fingerprint density at radius 1 is 1.00 bits per heavy atom. The molecular weight excluding hydrogens is 473 g/mol. The van der Waals surface area contributed by atoms with E-state index in [1.807, 2.05) is 25.4 Å². The quantitative estimate of drug-likeness (QED) is 0.309. The van der Waals surface area contributed by atoms with Crippen molar-refractivity contribution in [2.24, 2.45) is 0 Å². The lowest BCUT2D eigenvalue weighted by Crippen LogP contribution is -2.39. The summed E-state index contributed by atoms with van der Waals surface area (Å²) >= 11 is 0. The lowest BCUT2D eigenvalue weighted by atomic mass is 9.95. The zero-order valence-corrected chi connectivity index (χ0v) is 22.1. The number of methoxy groups -OCH3 is 2. The van der Waals surface area contributed by atoms with Crippen molar-refractivity contribution >= 4 is 0 Å². The van der Waals surface area contributed by atoms with Crippen molar-refractivity contribution in [1.29, 1.82) is 0 Å². The Balaban J connectivity index is 1.29. The van der Waals surface area contributed by atoms with Crippen LogP contribution in [0.4, 0.5) is 4.39 Å². The number of hydrogen-bond donors (Lipinski definition) is 0. The van der Waals surface area contributed by atoms with Gasteiger partial charge in [0.2, 0.25) is 0 Å². The number of benzene rings is 2. The first-order chi connectivity index (χ1) is 18.0. The van der Waals surface area contributed by atoms with Gasteiger partial charge in [-0.1, -0.05) is 18.2 Å². The van der Waals surface area contributed by atoms with Gasteiger partial charge in [-0.15, -0.1) is 0 Å². The minimum Gasteiger partial charge on any atom is -0.493 e. The summed E-state index contributed by atoms with van der Waals surface area (Å²) in [6.45, 7) is 6.44. The number of ether oxygens (including phenoxy) is 4. The summed E-state index contributed by atoms with van der Waals surface area (Å²) in [6, 6.07) is 12.7. The fraction of sp³-hybridized carbons (Fsp3) is 0.483. The number of imidazole rings is 1. The van der Waals surface area contributed by atoms with Crippen molar-refractivity contribution in [3.63, 3.8) is 0 Å². The van der Waals surface area contributed by atoms with Crippen LogP contribution in [0.25, 0.3) is 0 Å². The summed E-state index contributed by atoms with van der Waals surface area (Å²) < 4.78 is 39.5. The van der Waals surface area contributed by atoms with Crippen molar-refractivity contribution in [3.8, 4) is 17.2 Å². The van der Waals surface area contributed by atoms with Gasteiger partial charge in [-0.3, -0.25) is 4.90 Å². The molecule has 1 atom stereocenters. The average molecular weight is 512 g/mol. The molecule has 0 radical (unpaired) electrons. The Kier molecular flexibility index (Phi) is 9.41. The van der Waals surface area contributed by atoms with Crippen molar-refractivity contribution in [1.82, 2.24) is 14.5 Å². The second kappa shape index (κ2) is 12.9. The first-order valence-corrected chi connectivity index (χ1v) is 12.9. The van der Waals surface area contributed by atoms with E-state index in [1.54, 1.807) is 32.4 Å². The predicted octanol–water partition coefficient (Wildman–Crippen LogP) is 5.26. The lowest BCUT2D eigenvalue weighted by molar-refractivity contribution is -0.0548. The molecule has 4 rings (SSSR count). The Hall–Kier alpha value is -3.10. The molecule has 0 saturated carbocycles. The molecule has 37 heavy (non-hydrogen) atoms. The topological polar surface area (TPSA) is 58.0 Å². The molecule has 1 fully saturated rings. The van der Waals surface area contributed by atoms with E-state index in [0.717, 1.165) is 69.2 Å². The summed E-state index contributed by atoms with van der Waals surface area (Å²) in [7, 11) is 3.40. The second-order valence-corrected chi connectivity index (χ2v) is 9.59. The fourth-order valence-corrected chi connectivity index (χ4v) is 4.80. The van der Waals surface area contributed by atoms with Crippen LogP contribution in [0.3, 0.4) is 0 Å². The third kappa shape index (κ3) is 7.23. The molecule has 1 aliphatic rings. The molecule has 0 amide bonds. The van der Waals surface area contributed by atoms with Crippen molar-refractivity contribution < 1.29 is 23.3 Å². The van der Waals surface area contributed by atoms with Crippen LogP contribution in [0.1, 0.15) is 37.1 Å². The molecule has 1 aliphatic heterocycles. The van der Waals surface area contributed by atoms with Gasteiger partial charge in [0.1, 0.15) is 18.0 Å². The highest BCUT2D eigenvalue weighted by atomic mass is 19.1. The van der Waals surface area contributed by atoms with E-state index in [2.05, 4.69) is 26.6 Å². The Bertz CT molecular complexity index is 1140. The van der Waals surface area contributed by atoms with Crippen LogP contribution in [0.5, 0.6) is 17.2 Å². The smallest absolute Gasteiger partial charge is 0.165 e. The molecule has 0 bridgehead atoms. The van der Waals surface area contributed by atoms with Crippen LogP contribution in [0.2, 0.25) is 0 Å². The largest absolute Gasteiger partial charge is 0.493 e. The number of rotatable bonds is 12. The highest BCUT2D eigenvalue weighted by molar-refractivity contribution is 5.43. The zero-order chi connectivity index (χ0) is 26.1. The van der Waals surface area contributed by atoms with Crippen molar-refractivity contribution in [2.45, 2.75) is 51.3 Å². The molecular formula is C29H38FN3O4. The molecule has 2 heterocycles. The molecule has 0 aliphatic carbocycles. The van der Waals surface area contributed by atoms with Crippen LogP contribution in [0, 0.1) is 12.7 Å². The van der Waals surface area contributed by atoms with Gasteiger partial charge in [-0.25, -0.2) is 9.37 Å². The molecule has 200 valence electrons. The molecule has 7 nitrogen and oxygen atoms in total. The average Bonchev–Trinajstić information content (AvgIpc) is 3.21. The summed E-state index contributed by atoms with van der Waals surface area (Å²) in [6.07, 6.45) is 7.34. The maximum absolute atomic E-state index is 14.0. The van der Waals surface area contributed by atoms with Gasteiger partial charge in [0.25, 0.3) is 0 Å². The first-order valence-electron chi connectivity index (χ1n) is 12.9. The number of para-hydroxylation sites is 1. The van der Waals surface area contributed by atoms with Crippen LogP contribution in [-0.4, -0.2) is 60.6 Å². The second-order valence-electron chi connectivity index (χ2n) is 9.59. The monoisotopic (exact) mass is 511 g/mol. The van der Waals surface area contributed by atoms with Gasteiger partial charge in [0, 0.05) is 39.1 Å². The number of aryl methyl sites for hydroxylation is 2. The Labute approximate surface area is 219 Å². The van der Waals surface area contributed by atoms with Gasteiger partial charge in [-0.2, -0.15) is 0 Å². The Morgan fingerprint density at radius 2 is 1.86 bits per heavy atom. The Morgan fingerprint density at radius 3 is 2.62 bits per heavy atom. The molecule has 3 aromatic rings. The molecule has 0 unspecified atom stereocenters. The summed E-state index contributed by atoms with van der Waals surface area (Å²) in [5, 5.41) is 0. The van der Waals surface area contributed by atoms with E-state index in [-0.39, 0.29) is 11.6 Å². The van der Waals surface area contributed by atoms with Crippen LogP contribution in [0.15, 0.2) is 54.9 Å². The van der Waals surface area contributed by atoms with Gasteiger partial charge < -0.3 is 23.5 Å². The van der Waals surface area contributed by atoms with Crippen LogP contribution < -0.4 is 14.2 Å². The van der Waals surface area contributed by atoms with E-state index >= 15 is 0 Å². The molecule has 8 heteroatoms. The van der Waals surface area contributed by atoms with Crippen LogP contribution >= 0.6 is 0 Å². The molecule has 2 aromatic carbocycles. The van der Waals surface area contributed by atoms with Gasteiger partial charge in [0.15, 0.2) is 23.1 Å². The van der Waals surface area contributed by atoms with Crippen molar-refractivity contribution in [2.75, 3.05) is 40.5 Å². The van der Waals surface area contributed by atoms with E-state index in [4.69, 9.17) is 18.9 Å². The molecule has 1 saturated heterocycles. The number of halogens is 1. The highest BCUT2D eigenvalue weighted by Crippen LogP contribution is 2.31. The van der Waals surface area contributed by atoms with Gasteiger partial charge in [0.05, 0.1) is 13.7 Å². The summed E-state index contributed by atoms with van der Waals surface area (Å²) in [4.78, 5) is 6.68. The number of aromatic nitrogens is 2. The maximum atomic E-state index is 14.0. The van der Waals surface area contributed by atoms with E-state index in [9.17, 15) is 4.39 Å². The lowest BCUT2D eigenvalue weighted by Gasteiger charge is -2.31. The van der Waals surface area contributed by atoms with Crippen molar-refractivity contribution in [3.05, 3.63) is 72.1 Å². The normalized spacial score (nSPS) is 18.4. The third-order valence-electron chi connectivity index (χ3n) is 7.11. The minimum absolute atomic E-state index is 0.270. The SMILES string of the molecule is COc1cc(CN2CCC[C@](COc3ccccc3F)(OC)CC2)ccc1OCCCn1ccnc1C. The molecule has 0 spiro atoms. The van der Waals surface area contributed by atoms with Crippen LogP contribution in [-0.2, 0) is 17.8 Å². The number of nitrogens with zero attached hydrogens (tertiary/aromatic N) is 3. The predicted molar refractivity (Wildman–Crippen MR) is 141 cm³/mol.